The van der Waals surface area contributed by atoms with Gasteiger partial charge in [0.1, 0.15) is 28.5 Å². The Hall–Kier alpha value is -4.58. The number of nitriles is 1. The van der Waals surface area contributed by atoms with Crippen molar-refractivity contribution in [2.24, 2.45) is 0 Å². The van der Waals surface area contributed by atoms with Crippen molar-refractivity contribution >= 4 is 29.0 Å². The highest BCUT2D eigenvalue weighted by Gasteiger charge is 2.19. The lowest BCUT2D eigenvalue weighted by Crippen LogP contribution is -2.19. The summed E-state index contributed by atoms with van der Waals surface area (Å²) in [5.74, 6) is -0.936. The fourth-order valence-electron chi connectivity index (χ4n) is 3.01. The monoisotopic (exact) mass is 463 g/mol. The third kappa shape index (κ3) is 5.42. The van der Waals surface area contributed by atoms with Crippen molar-refractivity contribution in [1.29, 1.82) is 5.26 Å². The molecule has 9 nitrogen and oxygen atoms in total. The fraction of sp³-hybridized carbons (Fsp3) is 0.200. The second-order valence-corrected chi connectivity index (χ2v) is 6.77. The summed E-state index contributed by atoms with van der Waals surface area (Å²) in [4.78, 5) is 37.0. The van der Waals surface area contributed by atoms with Crippen LogP contribution in [-0.2, 0) is 9.53 Å². The van der Waals surface area contributed by atoms with Crippen LogP contribution in [0.25, 0.3) is 17.0 Å². The standard InChI is InChI=1S/C25H21NO8/c1-4-31-22-11-15(10-17(14-26)23(27)32-5-2)6-8-21(22)34-25(29)19-13-16-12-18(30-3)7-9-20(16)33-24(19)28/h6-13H,4-5H2,1-3H3/b17-10+. The zero-order valence-corrected chi connectivity index (χ0v) is 18.7. The third-order valence-corrected chi connectivity index (χ3v) is 4.56. The molecule has 0 aliphatic rings. The Bertz CT molecular complexity index is 1360. The largest absolute Gasteiger partial charge is 0.497 e. The molecule has 1 heterocycles. The van der Waals surface area contributed by atoms with Gasteiger partial charge in [-0.05, 0) is 61.9 Å². The minimum Gasteiger partial charge on any atom is -0.497 e. The molecule has 3 rings (SSSR count). The van der Waals surface area contributed by atoms with Crippen LogP contribution >= 0.6 is 0 Å². The second kappa shape index (κ2) is 10.8. The van der Waals surface area contributed by atoms with Crippen LogP contribution in [0.15, 0.2) is 57.2 Å². The molecule has 174 valence electrons. The number of benzene rings is 2. The second-order valence-electron chi connectivity index (χ2n) is 6.77. The normalized spacial score (nSPS) is 10.9. The van der Waals surface area contributed by atoms with E-state index in [1.54, 1.807) is 38.1 Å². The Labute approximate surface area is 194 Å². The van der Waals surface area contributed by atoms with Gasteiger partial charge in [0.25, 0.3) is 0 Å². The molecule has 3 aromatic rings. The molecule has 34 heavy (non-hydrogen) atoms. The van der Waals surface area contributed by atoms with E-state index in [1.807, 2.05) is 0 Å². The summed E-state index contributed by atoms with van der Waals surface area (Å²) in [5.41, 5.74) is -0.610. The Morgan fingerprint density at radius 3 is 2.53 bits per heavy atom. The molecule has 0 fully saturated rings. The molecular formula is C25H21NO8. The summed E-state index contributed by atoms with van der Waals surface area (Å²) in [6, 6.07) is 12.4. The van der Waals surface area contributed by atoms with Gasteiger partial charge in [-0.2, -0.15) is 5.26 Å². The van der Waals surface area contributed by atoms with E-state index < -0.39 is 17.6 Å². The Morgan fingerprint density at radius 1 is 1.06 bits per heavy atom. The Morgan fingerprint density at radius 2 is 1.85 bits per heavy atom. The van der Waals surface area contributed by atoms with Crippen LogP contribution in [0.5, 0.6) is 17.2 Å². The highest BCUT2D eigenvalue weighted by molar-refractivity contribution is 5.98. The number of hydrogen-bond donors (Lipinski definition) is 0. The lowest BCUT2D eigenvalue weighted by molar-refractivity contribution is -0.137. The molecular weight excluding hydrogens is 442 g/mol. The van der Waals surface area contributed by atoms with E-state index in [0.29, 0.717) is 22.3 Å². The first-order valence-corrected chi connectivity index (χ1v) is 10.3. The van der Waals surface area contributed by atoms with Crippen LogP contribution in [0.1, 0.15) is 29.8 Å². The fourth-order valence-corrected chi connectivity index (χ4v) is 3.01. The van der Waals surface area contributed by atoms with Crippen LogP contribution in [0, 0.1) is 11.3 Å². The van der Waals surface area contributed by atoms with Gasteiger partial charge < -0.3 is 23.4 Å². The molecule has 0 aliphatic carbocycles. The van der Waals surface area contributed by atoms with Crippen LogP contribution < -0.4 is 19.8 Å². The number of nitrogens with zero attached hydrogens (tertiary/aromatic N) is 1. The summed E-state index contributed by atoms with van der Waals surface area (Å²) in [5, 5.41) is 9.71. The van der Waals surface area contributed by atoms with Crippen LogP contribution in [0.3, 0.4) is 0 Å². The van der Waals surface area contributed by atoms with Crippen LogP contribution in [-0.4, -0.2) is 32.3 Å². The molecule has 9 heteroatoms. The highest BCUT2D eigenvalue weighted by atomic mass is 16.6. The molecule has 0 radical (unpaired) electrons. The number of esters is 2. The van der Waals surface area contributed by atoms with Crippen molar-refractivity contribution < 1.29 is 33.0 Å². The maximum absolute atomic E-state index is 12.8. The zero-order valence-electron chi connectivity index (χ0n) is 18.7. The molecule has 0 amide bonds. The molecule has 0 saturated carbocycles. The van der Waals surface area contributed by atoms with Crippen molar-refractivity contribution in [3.05, 3.63) is 69.6 Å². The predicted octanol–water partition coefficient (Wildman–Crippen LogP) is 3.89. The Kier molecular flexibility index (Phi) is 7.67. The van der Waals surface area contributed by atoms with Gasteiger partial charge >= 0.3 is 17.6 Å². The van der Waals surface area contributed by atoms with Crippen molar-refractivity contribution in [3.8, 4) is 23.3 Å². The first-order chi connectivity index (χ1) is 16.4. The number of ether oxygens (including phenoxy) is 4. The number of carbonyl (C=O) groups excluding carboxylic acids is 2. The van der Waals surface area contributed by atoms with E-state index in [4.69, 9.17) is 23.4 Å². The molecule has 0 bridgehead atoms. The molecule has 2 aromatic carbocycles. The molecule has 0 atom stereocenters. The van der Waals surface area contributed by atoms with Crippen molar-refractivity contribution in [3.63, 3.8) is 0 Å². The average Bonchev–Trinajstić information content (AvgIpc) is 2.83. The van der Waals surface area contributed by atoms with E-state index in [1.165, 1.54) is 37.5 Å². The summed E-state index contributed by atoms with van der Waals surface area (Å²) in [6.45, 7) is 3.75. The molecule has 0 aliphatic heterocycles. The average molecular weight is 463 g/mol. The van der Waals surface area contributed by atoms with Crippen molar-refractivity contribution in [2.75, 3.05) is 20.3 Å². The van der Waals surface area contributed by atoms with Crippen LogP contribution in [0.4, 0.5) is 0 Å². The van der Waals surface area contributed by atoms with Gasteiger partial charge in [0.2, 0.25) is 0 Å². The van der Waals surface area contributed by atoms with E-state index >= 15 is 0 Å². The van der Waals surface area contributed by atoms with Crippen molar-refractivity contribution in [2.45, 2.75) is 13.8 Å². The molecule has 0 unspecified atom stereocenters. The quantitative estimate of drug-likeness (QED) is 0.161. The number of methoxy groups -OCH3 is 1. The molecule has 1 aromatic heterocycles. The number of rotatable bonds is 8. The number of carbonyl (C=O) groups is 2. The number of fused-ring (bicyclic) bond motifs is 1. The van der Waals surface area contributed by atoms with E-state index in [-0.39, 0.29) is 35.8 Å². The van der Waals surface area contributed by atoms with Gasteiger partial charge in [0, 0.05) is 5.39 Å². The maximum atomic E-state index is 12.8. The van der Waals surface area contributed by atoms with Gasteiger partial charge in [-0.25, -0.2) is 14.4 Å². The molecule has 0 N–H and O–H groups in total. The summed E-state index contributed by atoms with van der Waals surface area (Å²) in [6.07, 6.45) is 1.33. The summed E-state index contributed by atoms with van der Waals surface area (Å²) < 4.78 is 26.2. The van der Waals surface area contributed by atoms with E-state index in [9.17, 15) is 19.6 Å². The molecule has 0 saturated heterocycles. The van der Waals surface area contributed by atoms with Gasteiger partial charge in [-0.1, -0.05) is 6.07 Å². The first-order valence-electron chi connectivity index (χ1n) is 10.3. The Balaban J connectivity index is 1.93. The smallest absolute Gasteiger partial charge is 0.351 e. The summed E-state index contributed by atoms with van der Waals surface area (Å²) in [7, 11) is 1.50. The topological polar surface area (TPSA) is 125 Å². The van der Waals surface area contributed by atoms with Gasteiger partial charge in [-0.15, -0.1) is 0 Å². The third-order valence-electron chi connectivity index (χ3n) is 4.56. The van der Waals surface area contributed by atoms with Crippen molar-refractivity contribution in [1.82, 2.24) is 0 Å². The number of hydrogen-bond acceptors (Lipinski definition) is 9. The maximum Gasteiger partial charge on any atom is 0.351 e. The zero-order chi connectivity index (χ0) is 24.7. The van der Waals surface area contributed by atoms with Gasteiger partial charge in [-0.3, -0.25) is 0 Å². The minimum atomic E-state index is -0.938. The van der Waals surface area contributed by atoms with E-state index in [2.05, 4.69) is 0 Å². The highest BCUT2D eigenvalue weighted by Crippen LogP contribution is 2.30. The lowest BCUT2D eigenvalue weighted by atomic mass is 10.1. The predicted molar refractivity (Wildman–Crippen MR) is 122 cm³/mol. The van der Waals surface area contributed by atoms with Gasteiger partial charge in [0.15, 0.2) is 11.5 Å². The minimum absolute atomic E-state index is 0.0452. The first kappa shape index (κ1) is 24.1. The van der Waals surface area contributed by atoms with E-state index in [0.717, 1.165) is 0 Å². The molecule has 0 spiro atoms. The summed E-state index contributed by atoms with van der Waals surface area (Å²) >= 11 is 0. The SMILES string of the molecule is CCOC(=O)/C(C#N)=C/c1ccc(OC(=O)c2cc3cc(OC)ccc3oc2=O)c(OCC)c1. The van der Waals surface area contributed by atoms with Crippen LogP contribution in [0.2, 0.25) is 0 Å². The van der Waals surface area contributed by atoms with Gasteiger partial charge in [0.05, 0.1) is 20.3 Å². The lowest BCUT2D eigenvalue weighted by Gasteiger charge is -2.11.